The molecule has 144 valence electrons. The second kappa shape index (κ2) is 9.68. The van der Waals surface area contributed by atoms with Gasteiger partial charge < -0.3 is 25.8 Å². The Hall–Kier alpha value is -2.93. The van der Waals surface area contributed by atoms with E-state index in [0.29, 0.717) is 35.2 Å². The SMILES string of the molecule is COc1ccc(CCNC(=O)CNc2cc(Cl)ccc2C(N)=O)cc1OC. The van der Waals surface area contributed by atoms with Crippen LogP contribution in [0.1, 0.15) is 15.9 Å². The number of rotatable bonds is 9. The maximum absolute atomic E-state index is 12.0. The van der Waals surface area contributed by atoms with Crippen molar-refractivity contribution >= 4 is 29.1 Å². The minimum absolute atomic E-state index is 0.00739. The van der Waals surface area contributed by atoms with Crippen LogP contribution in [-0.2, 0) is 11.2 Å². The van der Waals surface area contributed by atoms with Crippen LogP contribution in [-0.4, -0.2) is 39.1 Å². The molecule has 0 saturated heterocycles. The number of carbonyl (C=O) groups is 2. The number of carbonyl (C=O) groups excluding carboxylic acids is 2. The lowest BCUT2D eigenvalue weighted by Gasteiger charge is -2.12. The monoisotopic (exact) mass is 391 g/mol. The molecule has 0 heterocycles. The predicted molar refractivity (Wildman–Crippen MR) is 105 cm³/mol. The largest absolute Gasteiger partial charge is 0.493 e. The summed E-state index contributed by atoms with van der Waals surface area (Å²) < 4.78 is 10.5. The van der Waals surface area contributed by atoms with Crippen molar-refractivity contribution in [2.45, 2.75) is 6.42 Å². The normalized spacial score (nSPS) is 10.2. The summed E-state index contributed by atoms with van der Waals surface area (Å²) in [7, 11) is 3.15. The van der Waals surface area contributed by atoms with Crippen molar-refractivity contribution in [2.24, 2.45) is 5.73 Å². The second-order valence-corrected chi connectivity index (χ2v) is 6.13. The van der Waals surface area contributed by atoms with Gasteiger partial charge in [0.25, 0.3) is 5.91 Å². The molecule has 0 radical (unpaired) electrons. The summed E-state index contributed by atoms with van der Waals surface area (Å²) in [5.74, 6) is 0.484. The number of anilines is 1. The maximum atomic E-state index is 12.0. The predicted octanol–water partition coefficient (Wildman–Crippen LogP) is 2.23. The minimum atomic E-state index is -0.594. The molecule has 0 aliphatic rings. The van der Waals surface area contributed by atoms with E-state index in [-0.39, 0.29) is 18.0 Å². The van der Waals surface area contributed by atoms with E-state index >= 15 is 0 Å². The first-order chi connectivity index (χ1) is 12.9. The molecular formula is C19H22ClN3O4. The van der Waals surface area contributed by atoms with Gasteiger partial charge in [-0.15, -0.1) is 0 Å². The lowest BCUT2D eigenvalue weighted by atomic mass is 10.1. The highest BCUT2D eigenvalue weighted by atomic mass is 35.5. The molecule has 2 aromatic carbocycles. The molecule has 0 spiro atoms. The summed E-state index contributed by atoms with van der Waals surface area (Å²) in [5.41, 5.74) is 7.02. The summed E-state index contributed by atoms with van der Waals surface area (Å²) in [4.78, 5) is 23.5. The van der Waals surface area contributed by atoms with Crippen molar-refractivity contribution in [3.63, 3.8) is 0 Å². The molecule has 2 rings (SSSR count). The van der Waals surface area contributed by atoms with Gasteiger partial charge in [0.15, 0.2) is 11.5 Å². The highest BCUT2D eigenvalue weighted by Crippen LogP contribution is 2.27. The van der Waals surface area contributed by atoms with Gasteiger partial charge in [0, 0.05) is 17.3 Å². The van der Waals surface area contributed by atoms with Gasteiger partial charge in [-0.3, -0.25) is 9.59 Å². The van der Waals surface area contributed by atoms with Gasteiger partial charge in [-0.25, -0.2) is 0 Å². The minimum Gasteiger partial charge on any atom is -0.493 e. The summed E-state index contributed by atoms with van der Waals surface area (Å²) in [6, 6.07) is 10.2. The van der Waals surface area contributed by atoms with Gasteiger partial charge in [-0.2, -0.15) is 0 Å². The first-order valence-electron chi connectivity index (χ1n) is 8.25. The van der Waals surface area contributed by atoms with Crippen LogP contribution < -0.4 is 25.8 Å². The molecule has 0 unspecified atom stereocenters. The molecule has 0 atom stereocenters. The van der Waals surface area contributed by atoms with Crippen molar-refractivity contribution in [1.82, 2.24) is 5.32 Å². The fourth-order valence-electron chi connectivity index (χ4n) is 2.50. The lowest BCUT2D eigenvalue weighted by Crippen LogP contribution is -2.31. The zero-order chi connectivity index (χ0) is 19.8. The molecule has 0 saturated carbocycles. The van der Waals surface area contributed by atoms with Gasteiger partial charge in [0.05, 0.1) is 26.3 Å². The quantitative estimate of drug-likeness (QED) is 0.608. The Morgan fingerprint density at radius 2 is 1.81 bits per heavy atom. The first-order valence-corrected chi connectivity index (χ1v) is 8.63. The smallest absolute Gasteiger partial charge is 0.250 e. The number of ether oxygens (including phenoxy) is 2. The first kappa shape index (κ1) is 20.4. The van der Waals surface area contributed by atoms with Crippen LogP contribution in [0.5, 0.6) is 11.5 Å². The molecule has 8 heteroatoms. The number of amides is 2. The van der Waals surface area contributed by atoms with E-state index in [0.717, 1.165) is 5.56 Å². The standard InChI is InChI=1S/C19H22ClN3O4/c1-26-16-6-3-12(9-17(16)27-2)7-8-22-18(24)11-23-15-10-13(20)4-5-14(15)19(21)25/h3-6,9-10,23H,7-8,11H2,1-2H3,(H2,21,25)(H,22,24). The molecule has 0 fully saturated rings. The molecule has 2 aromatic rings. The Labute approximate surface area is 162 Å². The van der Waals surface area contributed by atoms with E-state index in [4.69, 9.17) is 26.8 Å². The molecule has 0 aliphatic carbocycles. The van der Waals surface area contributed by atoms with Gasteiger partial charge in [-0.1, -0.05) is 17.7 Å². The zero-order valence-corrected chi connectivity index (χ0v) is 15.9. The Morgan fingerprint density at radius 1 is 1.07 bits per heavy atom. The topological polar surface area (TPSA) is 103 Å². The molecule has 0 aliphatic heterocycles. The van der Waals surface area contributed by atoms with Crippen molar-refractivity contribution in [3.8, 4) is 11.5 Å². The van der Waals surface area contributed by atoms with E-state index < -0.39 is 5.91 Å². The van der Waals surface area contributed by atoms with Gasteiger partial charge in [0.1, 0.15) is 0 Å². The van der Waals surface area contributed by atoms with E-state index in [1.807, 2.05) is 18.2 Å². The number of primary amides is 1. The molecule has 7 nitrogen and oxygen atoms in total. The highest BCUT2D eigenvalue weighted by Gasteiger charge is 2.10. The van der Waals surface area contributed by atoms with Gasteiger partial charge in [-0.05, 0) is 42.3 Å². The van der Waals surface area contributed by atoms with Crippen molar-refractivity contribution in [2.75, 3.05) is 32.6 Å². The molecule has 0 aromatic heterocycles. The van der Waals surface area contributed by atoms with Crippen molar-refractivity contribution in [3.05, 3.63) is 52.5 Å². The Morgan fingerprint density at radius 3 is 2.48 bits per heavy atom. The Balaban J connectivity index is 1.85. The van der Waals surface area contributed by atoms with E-state index in [2.05, 4.69) is 10.6 Å². The Kier molecular flexibility index (Phi) is 7.31. The van der Waals surface area contributed by atoms with Crippen LogP contribution in [0.4, 0.5) is 5.69 Å². The number of hydrogen-bond donors (Lipinski definition) is 3. The third-order valence-electron chi connectivity index (χ3n) is 3.87. The summed E-state index contributed by atoms with van der Waals surface area (Å²) in [6.45, 7) is 0.445. The average Bonchev–Trinajstić information content (AvgIpc) is 2.66. The third-order valence-corrected chi connectivity index (χ3v) is 4.11. The summed E-state index contributed by atoms with van der Waals surface area (Å²) in [5, 5.41) is 6.13. The highest BCUT2D eigenvalue weighted by molar-refractivity contribution is 6.31. The van der Waals surface area contributed by atoms with Crippen LogP contribution in [0.15, 0.2) is 36.4 Å². The maximum Gasteiger partial charge on any atom is 0.250 e. The molecule has 2 amide bonds. The van der Waals surface area contributed by atoms with Crippen LogP contribution >= 0.6 is 11.6 Å². The van der Waals surface area contributed by atoms with Crippen molar-refractivity contribution < 1.29 is 19.1 Å². The average molecular weight is 392 g/mol. The van der Waals surface area contributed by atoms with Gasteiger partial charge in [0.2, 0.25) is 5.91 Å². The van der Waals surface area contributed by atoms with Crippen LogP contribution in [0, 0.1) is 0 Å². The molecular weight excluding hydrogens is 370 g/mol. The number of nitrogens with one attached hydrogen (secondary N) is 2. The lowest BCUT2D eigenvalue weighted by molar-refractivity contribution is -0.119. The van der Waals surface area contributed by atoms with E-state index in [9.17, 15) is 9.59 Å². The van der Waals surface area contributed by atoms with Crippen molar-refractivity contribution in [1.29, 1.82) is 0 Å². The van der Waals surface area contributed by atoms with E-state index in [1.165, 1.54) is 6.07 Å². The summed E-state index contributed by atoms with van der Waals surface area (Å²) in [6.07, 6.45) is 0.635. The van der Waals surface area contributed by atoms with Crippen LogP contribution in [0.25, 0.3) is 0 Å². The number of benzene rings is 2. The molecule has 0 bridgehead atoms. The fourth-order valence-corrected chi connectivity index (χ4v) is 2.67. The summed E-state index contributed by atoms with van der Waals surface area (Å²) >= 11 is 5.92. The third kappa shape index (κ3) is 5.79. The zero-order valence-electron chi connectivity index (χ0n) is 15.2. The van der Waals surface area contributed by atoms with Crippen LogP contribution in [0.3, 0.4) is 0 Å². The number of hydrogen-bond acceptors (Lipinski definition) is 5. The van der Waals surface area contributed by atoms with E-state index in [1.54, 1.807) is 26.4 Å². The molecule has 27 heavy (non-hydrogen) atoms. The van der Waals surface area contributed by atoms with Gasteiger partial charge >= 0.3 is 0 Å². The molecule has 4 N–H and O–H groups in total. The number of methoxy groups -OCH3 is 2. The number of halogens is 1. The number of nitrogens with two attached hydrogens (primary N) is 1. The Bertz CT molecular complexity index is 827. The van der Waals surface area contributed by atoms with Crippen LogP contribution in [0.2, 0.25) is 5.02 Å². The second-order valence-electron chi connectivity index (χ2n) is 5.70. The fraction of sp³-hybridized carbons (Fsp3) is 0.263.